The van der Waals surface area contributed by atoms with E-state index in [-0.39, 0.29) is 6.61 Å². The molecule has 0 unspecified atom stereocenters. The number of para-hydroxylation sites is 1. The van der Waals surface area contributed by atoms with Crippen LogP contribution in [-0.2, 0) is 13.2 Å². The van der Waals surface area contributed by atoms with Gasteiger partial charge in [-0.05, 0) is 12.1 Å². The lowest BCUT2D eigenvalue weighted by Crippen LogP contribution is -2.18. The fourth-order valence-corrected chi connectivity index (χ4v) is 1.74. The third-order valence-corrected chi connectivity index (χ3v) is 2.69. The molecule has 0 saturated carbocycles. The summed E-state index contributed by atoms with van der Waals surface area (Å²) in [6.45, 7) is 1.91. The molecule has 0 fully saturated rings. The van der Waals surface area contributed by atoms with E-state index in [0.717, 1.165) is 16.9 Å². The van der Waals surface area contributed by atoms with Crippen molar-refractivity contribution in [2.45, 2.75) is 13.2 Å². The van der Waals surface area contributed by atoms with Crippen LogP contribution in [0.5, 0.6) is 5.75 Å². The molecular formula is C15H18N2O2. The molecule has 0 aliphatic heterocycles. The van der Waals surface area contributed by atoms with E-state index in [9.17, 15) is 0 Å². The maximum atomic E-state index is 8.76. The maximum Gasteiger partial charge on any atom is 0.124 e. The number of aliphatic hydroxyl groups excluding tert-OH is 1. The number of hydrogen-bond acceptors (Lipinski definition) is 4. The lowest BCUT2D eigenvalue weighted by Gasteiger charge is -2.11. The topological polar surface area (TPSA) is 54.4 Å². The molecule has 0 saturated heterocycles. The first-order valence-electron chi connectivity index (χ1n) is 6.31. The van der Waals surface area contributed by atoms with Gasteiger partial charge in [-0.25, -0.2) is 0 Å². The van der Waals surface area contributed by atoms with E-state index in [4.69, 9.17) is 9.84 Å². The second-order valence-corrected chi connectivity index (χ2v) is 4.16. The average Bonchev–Trinajstić information content (AvgIpc) is 2.48. The number of aliphatic hydroxyl groups is 1. The molecule has 19 heavy (non-hydrogen) atoms. The second kappa shape index (κ2) is 7.51. The van der Waals surface area contributed by atoms with E-state index in [2.05, 4.69) is 10.3 Å². The number of nitrogens with zero attached hydrogens (tertiary/aromatic N) is 1. The average molecular weight is 258 g/mol. The summed E-state index contributed by atoms with van der Waals surface area (Å²) in [6.07, 6.45) is 3.54. The van der Waals surface area contributed by atoms with Gasteiger partial charge in [0.05, 0.1) is 6.61 Å². The third-order valence-electron chi connectivity index (χ3n) is 2.69. The zero-order valence-electron chi connectivity index (χ0n) is 10.7. The highest BCUT2D eigenvalue weighted by atomic mass is 16.5. The van der Waals surface area contributed by atoms with Gasteiger partial charge in [-0.1, -0.05) is 24.3 Å². The quantitative estimate of drug-likeness (QED) is 0.743. The Morgan fingerprint density at radius 1 is 1.16 bits per heavy atom. The number of pyridine rings is 1. The number of rotatable bonds is 7. The van der Waals surface area contributed by atoms with Gasteiger partial charge in [-0.15, -0.1) is 0 Å². The van der Waals surface area contributed by atoms with Crippen LogP contribution in [0.15, 0.2) is 48.8 Å². The zero-order valence-corrected chi connectivity index (χ0v) is 10.7. The minimum absolute atomic E-state index is 0.138. The van der Waals surface area contributed by atoms with Gasteiger partial charge in [0.2, 0.25) is 0 Å². The third kappa shape index (κ3) is 4.35. The molecule has 100 valence electrons. The molecule has 2 rings (SSSR count). The maximum absolute atomic E-state index is 8.76. The van der Waals surface area contributed by atoms with Crippen LogP contribution in [0.1, 0.15) is 11.1 Å². The number of benzene rings is 1. The summed E-state index contributed by atoms with van der Waals surface area (Å²) < 4.78 is 5.81. The minimum Gasteiger partial charge on any atom is -0.489 e. The van der Waals surface area contributed by atoms with Gasteiger partial charge in [-0.3, -0.25) is 4.98 Å². The van der Waals surface area contributed by atoms with Crippen LogP contribution >= 0.6 is 0 Å². The van der Waals surface area contributed by atoms with Crippen molar-refractivity contribution in [3.05, 3.63) is 59.9 Å². The Kier molecular flexibility index (Phi) is 5.34. The summed E-state index contributed by atoms with van der Waals surface area (Å²) in [5, 5.41) is 11.9. The van der Waals surface area contributed by atoms with Crippen LogP contribution in [0.4, 0.5) is 0 Å². The molecular weight excluding hydrogens is 240 g/mol. The first-order valence-corrected chi connectivity index (χ1v) is 6.31. The molecule has 1 heterocycles. The van der Waals surface area contributed by atoms with E-state index in [1.54, 1.807) is 12.4 Å². The summed E-state index contributed by atoms with van der Waals surface area (Å²) in [5.41, 5.74) is 2.13. The molecule has 0 aliphatic rings. The van der Waals surface area contributed by atoms with Crippen molar-refractivity contribution < 1.29 is 9.84 Å². The van der Waals surface area contributed by atoms with Gasteiger partial charge in [0.15, 0.2) is 0 Å². The van der Waals surface area contributed by atoms with Gasteiger partial charge >= 0.3 is 0 Å². The van der Waals surface area contributed by atoms with E-state index >= 15 is 0 Å². The normalized spacial score (nSPS) is 10.4. The smallest absolute Gasteiger partial charge is 0.124 e. The molecule has 1 aromatic carbocycles. The van der Waals surface area contributed by atoms with E-state index in [1.165, 1.54) is 0 Å². The van der Waals surface area contributed by atoms with Gasteiger partial charge in [0.1, 0.15) is 12.4 Å². The van der Waals surface area contributed by atoms with Crippen LogP contribution in [0, 0.1) is 0 Å². The number of aromatic nitrogens is 1. The number of nitrogens with one attached hydrogen (secondary N) is 1. The molecule has 0 bridgehead atoms. The van der Waals surface area contributed by atoms with Crippen molar-refractivity contribution >= 4 is 0 Å². The highest BCUT2D eigenvalue weighted by molar-refractivity contribution is 5.33. The minimum atomic E-state index is 0.138. The van der Waals surface area contributed by atoms with Crippen LogP contribution in [0.25, 0.3) is 0 Å². The molecule has 0 spiro atoms. The van der Waals surface area contributed by atoms with Crippen molar-refractivity contribution in [1.82, 2.24) is 10.3 Å². The summed E-state index contributed by atoms with van der Waals surface area (Å²) in [7, 11) is 0. The fraction of sp³-hybridized carbons (Fsp3) is 0.267. The molecule has 0 aliphatic carbocycles. The molecule has 1 aromatic heterocycles. The highest BCUT2D eigenvalue weighted by Gasteiger charge is 2.03. The Hall–Kier alpha value is -1.91. The van der Waals surface area contributed by atoms with Crippen molar-refractivity contribution in [1.29, 1.82) is 0 Å². The first-order chi connectivity index (χ1) is 9.40. The molecule has 4 heteroatoms. The van der Waals surface area contributed by atoms with Crippen molar-refractivity contribution in [2.24, 2.45) is 0 Å². The molecule has 0 radical (unpaired) electrons. The predicted octanol–water partition coefficient (Wildman–Crippen LogP) is 1.74. The zero-order chi connectivity index (χ0) is 13.3. The standard InChI is InChI=1S/C15H18N2O2/c18-9-8-17-11-14-5-1-2-6-15(14)19-12-13-4-3-7-16-10-13/h1-7,10,17-18H,8-9,11-12H2. The van der Waals surface area contributed by atoms with E-state index in [1.807, 2.05) is 36.4 Å². The monoisotopic (exact) mass is 258 g/mol. The Bertz CT molecular complexity index is 489. The fourth-order valence-electron chi connectivity index (χ4n) is 1.74. The number of ether oxygens (including phenoxy) is 1. The predicted molar refractivity (Wildman–Crippen MR) is 73.8 cm³/mol. The van der Waals surface area contributed by atoms with E-state index < -0.39 is 0 Å². The van der Waals surface area contributed by atoms with Crippen LogP contribution in [0.3, 0.4) is 0 Å². The Labute approximate surface area is 113 Å². The van der Waals surface area contributed by atoms with Crippen molar-refractivity contribution in [3.8, 4) is 5.75 Å². The van der Waals surface area contributed by atoms with Gasteiger partial charge < -0.3 is 15.2 Å². The van der Waals surface area contributed by atoms with Crippen LogP contribution in [0.2, 0.25) is 0 Å². The molecule has 2 aromatic rings. The van der Waals surface area contributed by atoms with Gasteiger partial charge in [0.25, 0.3) is 0 Å². The van der Waals surface area contributed by atoms with Crippen molar-refractivity contribution in [3.63, 3.8) is 0 Å². The Balaban J connectivity index is 1.95. The lowest BCUT2D eigenvalue weighted by molar-refractivity contribution is 0.288. The lowest BCUT2D eigenvalue weighted by atomic mass is 10.2. The van der Waals surface area contributed by atoms with Crippen LogP contribution in [-0.4, -0.2) is 23.2 Å². The molecule has 0 amide bonds. The summed E-state index contributed by atoms with van der Waals surface area (Å²) >= 11 is 0. The largest absolute Gasteiger partial charge is 0.489 e. The summed E-state index contributed by atoms with van der Waals surface area (Å²) in [4.78, 5) is 4.06. The van der Waals surface area contributed by atoms with Gasteiger partial charge in [0, 0.05) is 36.6 Å². The second-order valence-electron chi connectivity index (χ2n) is 4.16. The first kappa shape index (κ1) is 13.5. The summed E-state index contributed by atoms with van der Waals surface area (Å²) in [5.74, 6) is 0.858. The van der Waals surface area contributed by atoms with Crippen molar-refractivity contribution in [2.75, 3.05) is 13.2 Å². The molecule has 2 N–H and O–H groups in total. The molecule has 4 nitrogen and oxygen atoms in total. The highest BCUT2D eigenvalue weighted by Crippen LogP contribution is 2.18. The van der Waals surface area contributed by atoms with E-state index in [0.29, 0.717) is 19.7 Å². The summed E-state index contributed by atoms with van der Waals surface area (Å²) in [6, 6.07) is 11.8. The van der Waals surface area contributed by atoms with Crippen LogP contribution < -0.4 is 10.1 Å². The molecule has 0 atom stereocenters. The Morgan fingerprint density at radius 2 is 2.05 bits per heavy atom. The van der Waals surface area contributed by atoms with Gasteiger partial charge in [-0.2, -0.15) is 0 Å². The SMILES string of the molecule is OCCNCc1ccccc1OCc1cccnc1. The Morgan fingerprint density at radius 3 is 2.84 bits per heavy atom. The number of hydrogen-bond donors (Lipinski definition) is 2.